The molecule has 4 nitrogen and oxygen atoms in total. The first-order valence-electron chi connectivity index (χ1n) is 10.2. The first-order valence-corrected chi connectivity index (χ1v) is 10.2. The average Bonchev–Trinajstić information content (AvgIpc) is 2.62. The molecule has 0 unspecified atom stereocenters. The average molecular weight is 395 g/mol. The molecule has 0 fully saturated rings. The Hall–Kier alpha value is -2.62. The minimum atomic E-state index is -0.562. The predicted molar refractivity (Wildman–Crippen MR) is 119 cm³/mol. The third-order valence-corrected chi connectivity index (χ3v) is 4.99. The third kappa shape index (κ3) is 6.74. The maximum atomic E-state index is 13.3. The fraction of sp³-hybridized carbons (Fsp3) is 0.440. The van der Waals surface area contributed by atoms with Crippen molar-refractivity contribution in [2.75, 3.05) is 0 Å². The van der Waals surface area contributed by atoms with Crippen molar-refractivity contribution in [1.82, 2.24) is 10.2 Å². The molecule has 0 heterocycles. The van der Waals surface area contributed by atoms with Crippen molar-refractivity contribution in [3.05, 3.63) is 70.3 Å². The number of hydrogen-bond donors (Lipinski definition) is 1. The van der Waals surface area contributed by atoms with Crippen LogP contribution in [0.3, 0.4) is 0 Å². The zero-order valence-corrected chi connectivity index (χ0v) is 18.8. The summed E-state index contributed by atoms with van der Waals surface area (Å²) >= 11 is 0. The Bertz CT molecular complexity index is 863. The standard InChI is InChI=1S/C25H34N2O2/c1-17-9-12-21(13-10-17)16-27(20(4)24(29)26-25(5,6)7)23(28)15-22-14-18(2)8-11-19(22)3/h8-14,20H,15-16H2,1-7H3,(H,26,29)/t20-/m1/s1. The summed E-state index contributed by atoms with van der Waals surface area (Å²) in [6.45, 7) is 14.1. The molecule has 29 heavy (non-hydrogen) atoms. The number of nitrogens with one attached hydrogen (secondary N) is 1. The summed E-state index contributed by atoms with van der Waals surface area (Å²) in [5.41, 5.74) is 5.05. The lowest BCUT2D eigenvalue weighted by molar-refractivity contribution is -0.140. The lowest BCUT2D eigenvalue weighted by atomic mass is 10.0. The van der Waals surface area contributed by atoms with Crippen molar-refractivity contribution in [3.8, 4) is 0 Å². The van der Waals surface area contributed by atoms with Gasteiger partial charge in [0.2, 0.25) is 11.8 Å². The van der Waals surface area contributed by atoms with Gasteiger partial charge in [-0.1, -0.05) is 53.6 Å². The number of rotatable bonds is 6. The zero-order valence-electron chi connectivity index (χ0n) is 18.8. The molecule has 0 spiro atoms. The number of benzene rings is 2. The van der Waals surface area contributed by atoms with E-state index < -0.39 is 6.04 Å². The molecule has 1 atom stereocenters. The highest BCUT2D eigenvalue weighted by Crippen LogP contribution is 2.17. The van der Waals surface area contributed by atoms with Gasteiger partial charge in [-0.25, -0.2) is 0 Å². The lowest BCUT2D eigenvalue weighted by Gasteiger charge is -2.31. The third-order valence-electron chi connectivity index (χ3n) is 4.99. The van der Waals surface area contributed by atoms with Gasteiger partial charge in [0, 0.05) is 12.1 Å². The molecule has 0 aliphatic heterocycles. The van der Waals surface area contributed by atoms with Gasteiger partial charge in [0.25, 0.3) is 0 Å². The Morgan fingerprint density at radius 2 is 1.55 bits per heavy atom. The maximum absolute atomic E-state index is 13.3. The highest BCUT2D eigenvalue weighted by Gasteiger charge is 2.28. The Kier molecular flexibility index (Phi) is 7.23. The highest BCUT2D eigenvalue weighted by atomic mass is 16.2. The monoisotopic (exact) mass is 394 g/mol. The van der Waals surface area contributed by atoms with Gasteiger partial charge in [-0.05, 0) is 65.2 Å². The molecular formula is C25H34N2O2. The minimum Gasteiger partial charge on any atom is -0.350 e. The second-order valence-electron chi connectivity index (χ2n) is 9.03. The topological polar surface area (TPSA) is 49.4 Å². The van der Waals surface area contributed by atoms with Crippen molar-refractivity contribution < 1.29 is 9.59 Å². The Morgan fingerprint density at radius 3 is 2.14 bits per heavy atom. The van der Waals surface area contributed by atoms with Crippen LogP contribution in [0, 0.1) is 20.8 Å². The molecule has 0 saturated heterocycles. The van der Waals surface area contributed by atoms with Crippen molar-refractivity contribution in [3.63, 3.8) is 0 Å². The van der Waals surface area contributed by atoms with Crippen LogP contribution in [-0.4, -0.2) is 28.3 Å². The number of carbonyl (C=O) groups excluding carboxylic acids is 2. The molecule has 1 N–H and O–H groups in total. The molecule has 156 valence electrons. The highest BCUT2D eigenvalue weighted by molar-refractivity contribution is 5.88. The van der Waals surface area contributed by atoms with E-state index in [9.17, 15) is 9.59 Å². The van der Waals surface area contributed by atoms with Crippen LogP contribution in [0.15, 0.2) is 42.5 Å². The van der Waals surface area contributed by atoms with Crippen LogP contribution in [0.25, 0.3) is 0 Å². The molecule has 2 rings (SSSR count). The summed E-state index contributed by atoms with van der Waals surface area (Å²) in [5, 5.41) is 3.00. The Morgan fingerprint density at radius 1 is 0.966 bits per heavy atom. The summed E-state index contributed by atoms with van der Waals surface area (Å²) in [4.78, 5) is 27.8. The number of aryl methyl sites for hydroxylation is 3. The molecule has 0 saturated carbocycles. The second kappa shape index (κ2) is 9.25. The van der Waals surface area contributed by atoms with Crippen LogP contribution in [0.4, 0.5) is 0 Å². The van der Waals surface area contributed by atoms with Crippen LogP contribution in [-0.2, 0) is 22.6 Å². The second-order valence-corrected chi connectivity index (χ2v) is 9.03. The normalized spacial score (nSPS) is 12.4. The minimum absolute atomic E-state index is 0.0455. The molecule has 2 aromatic carbocycles. The van der Waals surface area contributed by atoms with Gasteiger partial charge in [-0.15, -0.1) is 0 Å². The van der Waals surface area contributed by atoms with Crippen molar-refractivity contribution in [2.45, 2.75) is 73.0 Å². The molecule has 0 bridgehead atoms. The summed E-state index contributed by atoms with van der Waals surface area (Å²) in [6, 6.07) is 13.7. The van der Waals surface area contributed by atoms with Crippen molar-refractivity contribution >= 4 is 11.8 Å². The Labute approximate surface area is 175 Å². The number of hydrogen-bond acceptors (Lipinski definition) is 2. The van der Waals surface area contributed by atoms with Crippen LogP contribution in [0.2, 0.25) is 0 Å². The summed E-state index contributed by atoms with van der Waals surface area (Å²) in [7, 11) is 0. The van der Waals surface area contributed by atoms with Gasteiger partial charge in [0.05, 0.1) is 6.42 Å². The molecular weight excluding hydrogens is 360 g/mol. The van der Waals surface area contributed by atoms with E-state index >= 15 is 0 Å². The van der Waals surface area contributed by atoms with E-state index in [4.69, 9.17) is 0 Å². The lowest BCUT2D eigenvalue weighted by Crippen LogP contribution is -2.52. The molecule has 0 aromatic heterocycles. The van der Waals surface area contributed by atoms with Gasteiger partial charge in [0.1, 0.15) is 6.04 Å². The van der Waals surface area contributed by atoms with E-state index in [0.717, 1.165) is 22.3 Å². The van der Waals surface area contributed by atoms with Crippen LogP contribution < -0.4 is 5.32 Å². The van der Waals surface area contributed by atoms with E-state index in [2.05, 4.69) is 11.4 Å². The number of nitrogens with zero attached hydrogens (tertiary/aromatic N) is 1. The molecule has 2 amide bonds. The van der Waals surface area contributed by atoms with E-state index in [1.807, 2.05) is 77.9 Å². The summed E-state index contributed by atoms with van der Waals surface area (Å²) in [6.07, 6.45) is 0.284. The molecule has 0 aliphatic rings. The van der Waals surface area contributed by atoms with Crippen molar-refractivity contribution in [2.24, 2.45) is 0 Å². The van der Waals surface area contributed by atoms with Gasteiger partial charge in [-0.2, -0.15) is 0 Å². The van der Waals surface area contributed by atoms with E-state index in [0.29, 0.717) is 6.54 Å². The van der Waals surface area contributed by atoms with Crippen LogP contribution in [0.5, 0.6) is 0 Å². The van der Waals surface area contributed by atoms with Crippen LogP contribution >= 0.6 is 0 Å². The first kappa shape index (κ1) is 22.7. The quantitative estimate of drug-likeness (QED) is 0.785. The number of carbonyl (C=O) groups is 2. The summed E-state index contributed by atoms with van der Waals surface area (Å²) < 4.78 is 0. The maximum Gasteiger partial charge on any atom is 0.242 e. The van der Waals surface area contributed by atoms with E-state index in [1.54, 1.807) is 11.8 Å². The SMILES string of the molecule is Cc1ccc(CN(C(=O)Cc2cc(C)ccc2C)[C@H](C)C(=O)NC(C)(C)C)cc1. The molecule has 4 heteroatoms. The van der Waals surface area contributed by atoms with E-state index in [1.165, 1.54) is 5.56 Å². The molecule has 2 aromatic rings. The fourth-order valence-corrected chi connectivity index (χ4v) is 3.20. The van der Waals surface area contributed by atoms with Crippen molar-refractivity contribution in [1.29, 1.82) is 0 Å². The first-order chi connectivity index (χ1) is 13.5. The smallest absolute Gasteiger partial charge is 0.242 e. The van der Waals surface area contributed by atoms with Gasteiger partial charge < -0.3 is 10.2 Å². The largest absolute Gasteiger partial charge is 0.350 e. The number of amides is 2. The fourth-order valence-electron chi connectivity index (χ4n) is 3.20. The van der Waals surface area contributed by atoms with Gasteiger partial charge >= 0.3 is 0 Å². The Balaban J connectivity index is 2.29. The van der Waals surface area contributed by atoms with Gasteiger partial charge in [-0.3, -0.25) is 9.59 Å². The molecule has 0 aliphatic carbocycles. The molecule has 0 radical (unpaired) electrons. The zero-order chi connectivity index (χ0) is 21.8. The van der Waals surface area contributed by atoms with E-state index in [-0.39, 0.29) is 23.8 Å². The predicted octanol–water partition coefficient (Wildman–Crippen LogP) is 4.49. The summed E-state index contributed by atoms with van der Waals surface area (Å²) in [5.74, 6) is -0.185. The van der Waals surface area contributed by atoms with Gasteiger partial charge in [0.15, 0.2) is 0 Å². The van der Waals surface area contributed by atoms with Crippen LogP contribution in [0.1, 0.15) is 55.5 Å².